The summed E-state index contributed by atoms with van der Waals surface area (Å²) in [5.41, 5.74) is 2.83. The maximum absolute atomic E-state index is 12.7. The van der Waals surface area contributed by atoms with Crippen molar-refractivity contribution in [2.24, 2.45) is 0 Å². The lowest BCUT2D eigenvalue weighted by Gasteiger charge is -2.29. The number of aliphatic hydroxyl groups excluding tert-OH is 1. The zero-order chi connectivity index (χ0) is 31.7. The number of hydrogen-bond donors (Lipinski definition) is 4. The topological polar surface area (TPSA) is 139 Å². The number of ether oxygens (including phenoxy) is 2. The number of nitrogens with zero attached hydrogens (tertiary/aromatic N) is 1. The number of anilines is 1. The van der Waals surface area contributed by atoms with Crippen LogP contribution in [0.5, 0.6) is 0 Å². The third kappa shape index (κ3) is 8.90. The second-order valence-electron chi connectivity index (χ2n) is 11.3. The van der Waals surface area contributed by atoms with Crippen LogP contribution in [0.1, 0.15) is 48.0 Å². The highest BCUT2D eigenvalue weighted by Crippen LogP contribution is 2.25. The van der Waals surface area contributed by atoms with E-state index >= 15 is 0 Å². The van der Waals surface area contributed by atoms with E-state index in [-0.39, 0.29) is 22.5 Å². The SMILES string of the molecule is COCCOCCc1cc2cc(C(=O)O)ccc2n1CCC(C)(C)NCC(O)c1cccc(NS(=O)(=O)c2ccccc2)c1. The molecule has 0 bridgehead atoms. The van der Waals surface area contributed by atoms with Gasteiger partial charge >= 0.3 is 5.97 Å². The van der Waals surface area contributed by atoms with Crippen molar-refractivity contribution in [1.82, 2.24) is 9.88 Å². The van der Waals surface area contributed by atoms with Gasteiger partial charge in [-0.25, -0.2) is 13.2 Å². The molecule has 0 saturated heterocycles. The minimum Gasteiger partial charge on any atom is -0.478 e. The van der Waals surface area contributed by atoms with Gasteiger partial charge in [-0.2, -0.15) is 0 Å². The first kappa shape index (κ1) is 33.2. The molecule has 10 nitrogen and oxygen atoms in total. The van der Waals surface area contributed by atoms with Crippen LogP contribution in [0.3, 0.4) is 0 Å². The summed E-state index contributed by atoms with van der Waals surface area (Å²) in [4.78, 5) is 11.7. The molecule has 1 heterocycles. The molecule has 0 fully saturated rings. The van der Waals surface area contributed by atoms with Gasteiger partial charge in [0.15, 0.2) is 0 Å². The molecule has 236 valence electrons. The Bertz CT molecular complexity index is 1650. The molecule has 3 aromatic carbocycles. The van der Waals surface area contributed by atoms with E-state index < -0.39 is 22.1 Å². The van der Waals surface area contributed by atoms with Gasteiger partial charge in [-0.1, -0.05) is 30.3 Å². The fourth-order valence-corrected chi connectivity index (χ4v) is 6.02. The number of rotatable bonds is 17. The van der Waals surface area contributed by atoms with Crippen molar-refractivity contribution in [3.63, 3.8) is 0 Å². The number of aromatic carboxylic acids is 1. The zero-order valence-electron chi connectivity index (χ0n) is 25.3. The minimum absolute atomic E-state index is 0.161. The van der Waals surface area contributed by atoms with Crippen LogP contribution >= 0.6 is 0 Å². The molecule has 4 rings (SSSR count). The summed E-state index contributed by atoms with van der Waals surface area (Å²) in [6.45, 7) is 6.58. The number of hydrogen-bond acceptors (Lipinski definition) is 7. The standard InChI is InChI=1S/C33H41N3O7S/c1-33(2,34-23-31(37)24-8-7-9-27(21-24)35-44(40,41)29-10-5-4-6-11-29)15-16-36-28(14-17-43-19-18-42-3)22-26-20-25(32(38)39)12-13-30(26)36/h4-13,20-22,31,34-35,37H,14-19,23H2,1-3H3,(H,38,39). The summed E-state index contributed by atoms with van der Waals surface area (Å²) in [5.74, 6) is -0.966. The fraction of sp³-hybridized carbons (Fsp3) is 0.364. The van der Waals surface area contributed by atoms with Crippen LogP contribution in [0.15, 0.2) is 83.8 Å². The van der Waals surface area contributed by atoms with Gasteiger partial charge in [-0.05, 0) is 74.4 Å². The lowest BCUT2D eigenvalue weighted by molar-refractivity contribution is 0.0697. The zero-order valence-corrected chi connectivity index (χ0v) is 26.1. The molecule has 0 aliphatic rings. The molecule has 0 amide bonds. The van der Waals surface area contributed by atoms with Crippen LogP contribution in [0, 0.1) is 0 Å². The molecule has 4 N–H and O–H groups in total. The number of aliphatic hydroxyl groups is 1. The van der Waals surface area contributed by atoms with Crippen LogP contribution in [-0.4, -0.2) is 68.2 Å². The average molecular weight is 624 g/mol. The molecule has 1 atom stereocenters. The van der Waals surface area contributed by atoms with Crippen molar-refractivity contribution in [2.45, 2.75) is 49.8 Å². The number of aryl methyl sites for hydroxylation is 1. The molecule has 4 aromatic rings. The number of sulfonamides is 1. The normalized spacial score (nSPS) is 12.8. The Morgan fingerprint density at radius 3 is 2.48 bits per heavy atom. The van der Waals surface area contributed by atoms with Crippen molar-refractivity contribution in [3.8, 4) is 0 Å². The Labute approximate surface area is 258 Å². The lowest BCUT2D eigenvalue weighted by atomic mass is 9.99. The molecule has 0 saturated carbocycles. The Hall–Kier alpha value is -3.74. The molecule has 1 unspecified atom stereocenters. The highest BCUT2D eigenvalue weighted by atomic mass is 32.2. The van der Waals surface area contributed by atoms with Crippen LogP contribution in [0.2, 0.25) is 0 Å². The van der Waals surface area contributed by atoms with Gasteiger partial charge in [0.2, 0.25) is 0 Å². The van der Waals surface area contributed by atoms with Crippen molar-refractivity contribution in [2.75, 3.05) is 38.2 Å². The van der Waals surface area contributed by atoms with Crippen LogP contribution in [-0.2, 0) is 32.5 Å². The van der Waals surface area contributed by atoms with Gasteiger partial charge in [-0.3, -0.25) is 4.72 Å². The monoisotopic (exact) mass is 623 g/mol. The van der Waals surface area contributed by atoms with Gasteiger partial charge in [-0.15, -0.1) is 0 Å². The molecule has 44 heavy (non-hydrogen) atoms. The Morgan fingerprint density at radius 2 is 1.75 bits per heavy atom. The lowest BCUT2D eigenvalue weighted by Crippen LogP contribution is -2.42. The fourth-order valence-electron chi connectivity index (χ4n) is 4.95. The molecular formula is C33H41N3O7S. The minimum atomic E-state index is -3.75. The average Bonchev–Trinajstić information content (AvgIpc) is 3.35. The molecule has 0 aliphatic heterocycles. The van der Waals surface area contributed by atoms with E-state index in [1.807, 2.05) is 12.1 Å². The van der Waals surface area contributed by atoms with Gasteiger partial charge in [0.05, 0.1) is 36.4 Å². The first-order valence-electron chi connectivity index (χ1n) is 14.5. The summed E-state index contributed by atoms with van der Waals surface area (Å²) in [7, 11) is -2.12. The van der Waals surface area contributed by atoms with Crippen molar-refractivity contribution < 1.29 is 32.9 Å². The van der Waals surface area contributed by atoms with Crippen molar-refractivity contribution in [1.29, 1.82) is 0 Å². The summed E-state index contributed by atoms with van der Waals surface area (Å²) in [6.07, 6.45) is 0.522. The maximum Gasteiger partial charge on any atom is 0.335 e. The molecule has 0 aliphatic carbocycles. The summed E-state index contributed by atoms with van der Waals surface area (Å²) in [6, 6.07) is 22.1. The third-order valence-corrected chi connectivity index (χ3v) is 8.88. The number of methoxy groups -OCH3 is 1. The second-order valence-corrected chi connectivity index (χ2v) is 13.0. The van der Waals surface area contributed by atoms with E-state index in [9.17, 15) is 23.4 Å². The largest absolute Gasteiger partial charge is 0.478 e. The maximum atomic E-state index is 12.7. The molecule has 0 radical (unpaired) electrons. The summed E-state index contributed by atoms with van der Waals surface area (Å²) >= 11 is 0. The number of benzene rings is 3. The van der Waals surface area contributed by atoms with Crippen molar-refractivity contribution >= 4 is 32.6 Å². The molecular weight excluding hydrogens is 582 g/mol. The summed E-state index contributed by atoms with van der Waals surface area (Å²) in [5, 5.41) is 24.7. The predicted octanol–water partition coefficient (Wildman–Crippen LogP) is 4.84. The smallest absolute Gasteiger partial charge is 0.335 e. The van der Waals surface area contributed by atoms with E-state index in [0.29, 0.717) is 44.0 Å². The van der Waals surface area contributed by atoms with Crippen molar-refractivity contribution in [3.05, 3.63) is 95.7 Å². The Balaban J connectivity index is 1.40. The molecule has 1 aromatic heterocycles. The second kappa shape index (κ2) is 14.8. The first-order valence-corrected chi connectivity index (χ1v) is 16.0. The highest BCUT2D eigenvalue weighted by molar-refractivity contribution is 7.92. The quantitative estimate of drug-likeness (QED) is 0.123. The van der Waals surface area contributed by atoms with Crippen LogP contribution in [0.25, 0.3) is 10.9 Å². The van der Waals surface area contributed by atoms with Gasteiger partial charge in [0.25, 0.3) is 10.0 Å². The number of aromatic nitrogens is 1. The van der Waals surface area contributed by atoms with Gasteiger partial charge < -0.3 is 29.6 Å². The number of carboxylic acids is 1. The van der Waals surface area contributed by atoms with Crippen LogP contribution in [0.4, 0.5) is 5.69 Å². The molecule has 0 spiro atoms. The van der Waals surface area contributed by atoms with Crippen LogP contribution < -0.4 is 10.0 Å². The van der Waals surface area contributed by atoms with Gasteiger partial charge in [0, 0.05) is 54.4 Å². The number of fused-ring (bicyclic) bond motifs is 1. The number of carbonyl (C=O) groups is 1. The third-order valence-electron chi connectivity index (χ3n) is 7.48. The van der Waals surface area contributed by atoms with E-state index in [4.69, 9.17) is 9.47 Å². The van der Waals surface area contributed by atoms with E-state index in [2.05, 4.69) is 28.5 Å². The Morgan fingerprint density at radius 1 is 0.977 bits per heavy atom. The first-order chi connectivity index (χ1) is 21.0. The Kier molecular flexibility index (Phi) is 11.2. The van der Waals surface area contributed by atoms with E-state index in [1.165, 1.54) is 12.1 Å². The highest BCUT2D eigenvalue weighted by Gasteiger charge is 2.22. The predicted molar refractivity (Wildman–Crippen MR) is 171 cm³/mol. The number of nitrogens with one attached hydrogen (secondary N) is 2. The summed E-state index contributed by atoms with van der Waals surface area (Å²) < 4.78 is 41.0. The number of carboxylic acid groups (broad SMARTS) is 1. The number of β-amino-alcohol motifs (C(OH)–C–C–N with tert-alkyl or cyclic N) is 1. The van der Waals surface area contributed by atoms with E-state index in [0.717, 1.165) is 23.0 Å². The van der Waals surface area contributed by atoms with E-state index in [1.54, 1.807) is 61.7 Å². The molecule has 11 heteroatoms. The van der Waals surface area contributed by atoms with Gasteiger partial charge in [0.1, 0.15) is 0 Å².